The van der Waals surface area contributed by atoms with Crippen molar-refractivity contribution in [2.45, 2.75) is 32.4 Å². The molecule has 5 nitrogen and oxygen atoms in total. The minimum atomic E-state index is -1.04. The van der Waals surface area contributed by atoms with E-state index in [0.717, 1.165) is 23.3 Å². The van der Waals surface area contributed by atoms with Crippen LogP contribution < -0.4 is 0 Å². The van der Waals surface area contributed by atoms with Gasteiger partial charge in [0.05, 0.1) is 5.69 Å². The SMILES string of the molecule is C[Si](C)(C)CCOCn1ccc2c(-n3cccn3)ccnc21. The van der Waals surface area contributed by atoms with Crippen molar-refractivity contribution in [3.8, 4) is 5.69 Å². The molecule has 0 aliphatic heterocycles. The maximum Gasteiger partial charge on any atom is 0.143 e. The second-order valence-corrected chi connectivity index (χ2v) is 12.3. The topological polar surface area (TPSA) is 44.9 Å². The van der Waals surface area contributed by atoms with Crippen LogP contribution in [-0.2, 0) is 11.5 Å². The Morgan fingerprint density at radius 3 is 2.73 bits per heavy atom. The summed E-state index contributed by atoms with van der Waals surface area (Å²) in [4.78, 5) is 4.49. The van der Waals surface area contributed by atoms with Gasteiger partial charge in [-0.15, -0.1) is 0 Å². The fourth-order valence-electron chi connectivity index (χ4n) is 2.33. The summed E-state index contributed by atoms with van der Waals surface area (Å²) in [5.74, 6) is 0. The number of pyridine rings is 1. The molecule has 0 bridgehead atoms. The van der Waals surface area contributed by atoms with Crippen LogP contribution in [0.2, 0.25) is 25.7 Å². The lowest BCUT2D eigenvalue weighted by atomic mass is 10.3. The lowest BCUT2D eigenvalue weighted by Crippen LogP contribution is -2.22. The summed E-state index contributed by atoms with van der Waals surface area (Å²) in [6.07, 6.45) is 7.57. The molecule has 3 rings (SSSR count). The largest absolute Gasteiger partial charge is 0.361 e. The Kier molecular flexibility index (Phi) is 4.13. The molecule has 3 heterocycles. The highest BCUT2D eigenvalue weighted by molar-refractivity contribution is 6.76. The van der Waals surface area contributed by atoms with E-state index in [1.165, 1.54) is 6.04 Å². The van der Waals surface area contributed by atoms with E-state index in [1.54, 1.807) is 6.20 Å². The van der Waals surface area contributed by atoms with Crippen molar-refractivity contribution < 1.29 is 4.74 Å². The fraction of sp³-hybridized carbons (Fsp3) is 0.375. The minimum absolute atomic E-state index is 0.545. The zero-order chi connectivity index (χ0) is 15.6. The Hall–Kier alpha value is -1.92. The van der Waals surface area contributed by atoms with Crippen molar-refractivity contribution in [2.75, 3.05) is 6.61 Å². The van der Waals surface area contributed by atoms with Crippen molar-refractivity contribution in [3.63, 3.8) is 0 Å². The number of ether oxygens (including phenoxy) is 1. The summed E-state index contributed by atoms with van der Waals surface area (Å²) in [7, 11) is -1.04. The van der Waals surface area contributed by atoms with Crippen LogP contribution in [0.1, 0.15) is 0 Å². The van der Waals surface area contributed by atoms with Crippen LogP contribution in [-0.4, -0.2) is 34.0 Å². The summed E-state index contributed by atoms with van der Waals surface area (Å²) in [6, 6.07) is 7.15. The molecular weight excluding hydrogens is 292 g/mol. The molecule has 3 aromatic rings. The molecule has 22 heavy (non-hydrogen) atoms. The number of fused-ring (bicyclic) bond motifs is 1. The van der Waals surface area contributed by atoms with E-state index in [9.17, 15) is 0 Å². The van der Waals surface area contributed by atoms with Gasteiger partial charge in [-0.2, -0.15) is 5.10 Å². The van der Waals surface area contributed by atoms with Gasteiger partial charge < -0.3 is 9.30 Å². The van der Waals surface area contributed by atoms with Crippen LogP contribution >= 0.6 is 0 Å². The predicted molar refractivity (Wildman–Crippen MR) is 91.0 cm³/mol. The number of nitrogens with zero attached hydrogens (tertiary/aromatic N) is 4. The normalized spacial score (nSPS) is 12.1. The van der Waals surface area contributed by atoms with Gasteiger partial charge in [-0.1, -0.05) is 19.6 Å². The van der Waals surface area contributed by atoms with Crippen LogP contribution in [0.3, 0.4) is 0 Å². The van der Waals surface area contributed by atoms with Crippen molar-refractivity contribution >= 4 is 19.1 Å². The Bertz CT molecular complexity index is 743. The summed E-state index contributed by atoms with van der Waals surface area (Å²) in [5, 5.41) is 5.38. The van der Waals surface area contributed by atoms with E-state index in [2.05, 4.69) is 35.8 Å². The first-order chi connectivity index (χ1) is 10.5. The van der Waals surface area contributed by atoms with Crippen LogP contribution in [0.25, 0.3) is 16.7 Å². The molecule has 3 aromatic heterocycles. The maximum atomic E-state index is 5.83. The zero-order valence-electron chi connectivity index (χ0n) is 13.4. The summed E-state index contributed by atoms with van der Waals surface area (Å²) < 4.78 is 9.74. The van der Waals surface area contributed by atoms with Gasteiger partial charge in [-0.25, -0.2) is 9.67 Å². The van der Waals surface area contributed by atoms with Gasteiger partial charge in [0.25, 0.3) is 0 Å². The first kappa shape index (κ1) is 15.0. The molecule has 0 unspecified atom stereocenters. The smallest absolute Gasteiger partial charge is 0.143 e. The van der Waals surface area contributed by atoms with Gasteiger partial charge in [-0.05, 0) is 24.2 Å². The molecule has 0 amide bonds. The molecule has 0 spiro atoms. The highest BCUT2D eigenvalue weighted by atomic mass is 28.3. The summed E-state index contributed by atoms with van der Waals surface area (Å²) in [6.45, 7) is 8.44. The standard InChI is InChI=1S/C16H22N4OSi/c1-22(2,3)12-11-21-13-19-10-6-14-15(5-8-17-16(14)19)20-9-4-7-18-20/h4-10H,11-13H2,1-3H3. The Morgan fingerprint density at radius 1 is 1.14 bits per heavy atom. The van der Waals surface area contributed by atoms with Crippen LogP contribution in [0.15, 0.2) is 43.0 Å². The fourth-order valence-corrected chi connectivity index (χ4v) is 3.09. The predicted octanol–water partition coefficient (Wildman–Crippen LogP) is 3.53. The van der Waals surface area contributed by atoms with Gasteiger partial charge in [0.1, 0.15) is 12.4 Å². The van der Waals surface area contributed by atoms with Gasteiger partial charge in [0.2, 0.25) is 0 Å². The number of hydrogen-bond acceptors (Lipinski definition) is 3. The van der Waals surface area contributed by atoms with E-state index in [1.807, 2.05) is 40.0 Å². The molecule has 0 atom stereocenters. The zero-order valence-corrected chi connectivity index (χ0v) is 14.4. The second kappa shape index (κ2) is 6.06. The first-order valence-corrected chi connectivity index (χ1v) is 11.3. The third-order valence-corrected chi connectivity index (χ3v) is 5.32. The average molecular weight is 314 g/mol. The van der Waals surface area contributed by atoms with Crippen molar-refractivity contribution in [1.29, 1.82) is 0 Å². The molecule has 0 aliphatic rings. The quantitative estimate of drug-likeness (QED) is 0.516. The van der Waals surface area contributed by atoms with Gasteiger partial charge in [0, 0.05) is 44.9 Å². The molecule has 6 heteroatoms. The monoisotopic (exact) mass is 314 g/mol. The van der Waals surface area contributed by atoms with Gasteiger partial charge in [0.15, 0.2) is 0 Å². The second-order valence-electron chi connectivity index (χ2n) is 6.65. The van der Waals surface area contributed by atoms with E-state index in [0.29, 0.717) is 6.73 Å². The third kappa shape index (κ3) is 3.28. The van der Waals surface area contributed by atoms with Crippen LogP contribution in [0, 0.1) is 0 Å². The Labute approximate surface area is 131 Å². The molecule has 0 N–H and O–H groups in total. The summed E-state index contributed by atoms with van der Waals surface area (Å²) in [5.41, 5.74) is 1.97. The molecule has 0 aliphatic carbocycles. The van der Waals surface area contributed by atoms with Gasteiger partial charge in [-0.3, -0.25) is 0 Å². The van der Waals surface area contributed by atoms with Crippen molar-refractivity contribution in [3.05, 3.63) is 43.0 Å². The first-order valence-electron chi connectivity index (χ1n) is 7.56. The number of aromatic nitrogens is 4. The van der Waals surface area contributed by atoms with Crippen LogP contribution in [0.5, 0.6) is 0 Å². The van der Waals surface area contributed by atoms with E-state index in [4.69, 9.17) is 4.74 Å². The lowest BCUT2D eigenvalue weighted by molar-refractivity contribution is 0.0899. The maximum absolute atomic E-state index is 5.83. The minimum Gasteiger partial charge on any atom is -0.361 e. The average Bonchev–Trinajstić information content (AvgIpc) is 3.12. The number of hydrogen-bond donors (Lipinski definition) is 0. The molecule has 0 saturated heterocycles. The highest BCUT2D eigenvalue weighted by Crippen LogP contribution is 2.21. The van der Waals surface area contributed by atoms with Gasteiger partial charge >= 0.3 is 0 Å². The van der Waals surface area contributed by atoms with Crippen molar-refractivity contribution in [2.24, 2.45) is 0 Å². The third-order valence-electron chi connectivity index (χ3n) is 3.62. The molecule has 0 aromatic carbocycles. The van der Waals surface area contributed by atoms with Crippen molar-refractivity contribution in [1.82, 2.24) is 19.3 Å². The summed E-state index contributed by atoms with van der Waals surface area (Å²) >= 11 is 0. The number of rotatable bonds is 6. The van der Waals surface area contributed by atoms with E-state index >= 15 is 0 Å². The van der Waals surface area contributed by atoms with E-state index < -0.39 is 8.07 Å². The highest BCUT2D eigenvalue weighted by Gasteiger charge is 2.13. The van der Waals surface area contributed by atoms with E-state index in [-0.39, 0.29) is 0 Å². The Morgan fingerprint density at radius 2 is 2.00 bits per heavy atom. The molecule has 0 radical (unpaired) electrons. The van der Waals surface area contributed by atoms with Crippen LogP contribution in [0.4, 0.5) is 0 Å². The Balaban J connectivity index is 1.77. The molecular formula is C16H22N4OSi. The molecule has 0 fully saturated rings. The molecule has 0 saturated carbocycles. The lowest BCUT2D eigenvalue weighted by Gasteiger charge is -2.15. The molecule has 116 valence electrons.